The zero-order valence-electron chi connectivity index (χ0n) is 25.5. The number of ether oxygens (including phenoxy) is 2. The summed E-state index contributed by atoms with van der Waals surface area (Å²) in [6.07, 6.45) is 0. The van der Waals surface area contributed by atoms with Crippen molar-refractivity contribution in [1.29, 1.82) is 0 Å². The number of nitrogens with one attached hydrogen (secondary N) is 1. The second-order valence-electron chi connectivity index (χ2n) is 10.9. The number of benzene rings is 4. The molecule has 0 spiro atoms. The summed E-state index contributed by atoms with van der Waals surface area (Å²) in [7, 11) is -3.69. The van der Waals surface area contributed by atoms with Crippen LogP contribution < -0.4 is 10.1 Å². The van der Waals surface area contributed by atoms with Crippen molar-refractivity contribution in [2.45, 2.75) is 31.0 Å². The van der Waals surface area contributed by atoms with E-state index in [9.17, 15) is 22.4 Å². The highest BCUT2D eigenvalue weighted by atomic mass is 32.2. The van der Waals surface area contributed by atoms with Gasteiger partial charge in [0.25, 0.3) is 5.91 Å². The Morgan fingerprint density at radius 3 is 2.17 bits per heavy atom. The molecule has 1 aliphatic rings. The molecule has 1 heterocycles. The Balaban J connectivity index is 1.36. The molecule has 0 aromatic heterocycles. The van der Waals surface area contributed by atoms with Crippen LogP contribution in [-0.4, -0.2) is 62.3 Å². The van der Waals surface area contributed by atoms with Crippen molar-refractivity contribution >= 4 is 21.8 Å². The van der Waals surface area contributed by atoms with Crippen molar-refractivity contribution in [3.05, 3.63) is 131 Å². The smallest absolute Gasteiger partial charge is 0.261 e. The third-order valence-electron chi connectivity index (χ3n) is 7.64. The van der Waals surface area contributed by atoms with Gasteiger partial charge in [-0.25, -0.2) is 12.8 Å². The third-order valence-corrected chi connectivity index (χ3v) is 9.56. The predicted molar refractivity (Wildman–Crippen MR) is 171 cm³/mol. The van der Waals surface area contributed by atoms with E-state index in [0.717, 1.165) is 11.1 Å². The largest absolute Gasteiger partial charge is 0.484 e. The third kappa shape index (κ3) is 8.36. The van der Waals surface area contributed by atoms with E-state index >= 15 is 0 Å². The fourth-order valence-electron chi connectivity index (χ4n) is 5.08. The number of nitrogens with zero attached hydrogens (tertiary/aromatic N) is 2. The molecule has 240 valence electrons. The van der Waals surface area contributed by atoms with Gasteiger partial charge >= 0.3 is 0 Å². The first-order chi connectivity index (χ1) is 22.2. The molecule has 0 saturated carbocycles. The van der Waals surface area contributed by atoms with Crippen LogP contribution in [0.4, 0.5) is 4.39 Å². The van der Waals surface area contributed by atoms with Gasteiger partial charge in [-0.2, -0.15) is 4.31 Å². The lowest BCUT2D eigenvalue weighted by molar-refractivity contribution is -0.143. The van der Waals surface area contributed by atoms with E-state index in [4.69, 9.17) is 9.47 Å². The minimum atomic E-state index is -3.69. The van der Waals surface area contributed by atoms with E-state index in [-0.39, 0.29) is 42.7 Å². The number of carbonyl (C=O) groups is 2. The maximum atomic E-state index is 13.9. The molecule has 9 nitrogen and oxygen atoms in total. The molecule has 0 bridgehead atoms. The Bertz CT molecular complexity index is 1710. The highest BCUT2D eigenvalue weighted by molar-refractivity contribution is 7.89. The molecule has 46 heavy (non-hydrogen) atoms. The summed E-state index contributed by atoms with van der Waals surface area (Å²) in [4.78, 5) is 29.2. The highest BCUT2D eigenvalue weighted by Gasteiger charge is 2.32. The van der Waals surface area contributed by atoms with Crippen molar-refractivity contribution in [2.24, 2.45) is 0 Å². The number of amides is 2. The lowest BCUT2D eigenvalue weighted by atomic mass is 10.0. The van der Waals surface area contributed by atoms with Gasteiger partial charge in [-0.05, 0) is 60.0 Å². The quantitative estimate of drug-likeness (QED) is 0.241. The Morgan fingerprint density at radius 1 is 0.891 bits per heavy atom. The van der Waals surface area contributed by atoms with E-state index in [1.165, 1.54) is 45.6 Å². The maximum Gasteiger partial charge on any atom is 0.261 e. The molecule has 2 amide bonds. The van der Waals surface area contributed by atoms with Crippen LogP contribution in [0.1, 0.15) is 28.3 Å². The number of hydrogen-bond donors (Lipinski definition) is 1. The first kappa shape index (κ1) is 32.8. The van der Waals surface area contributed by atoms with Gasteiger partial charge in [-0.3, -0.25) is 9.59 Å². The Labute approximate surface area is 268 Å². The number of morpholine rings is 1. The molecule has 1 atom stereocenters. The highest BCUT2D eigenvalue weighted by Crippen LogP contribution is 2.26. The molecule has 1 aliphatic heterocycles. The molecule has 0 radical (unpaired) electrons. The molecule has 4 aromatic carbocycles. The van der Waals surface area contributed by atoms with E-state index in [2.05, 4.69) is 5.32 Å². The van der Waals surface area contributed by atoms with Crippen LogP contribution >= 0.6 is 0 Å². The van der Waals surface area contributed by atoms with Gasteiger partial charge in [0, 0.05) is 26.2 Å². The van der Waals surface area contributed by atoms with Gasteiger partial charge in [0.2, 0.25) is 15.9 Å². The molecule has 11 heteroatoms. The second kappa shape index (κ2) is 15.1. The standard InChI is InChI=1S/C35H36FN3O6S/c1-26-7-9-27(10-8-26)23-37-35(41)34(29-5-3-2-4-6-29)39(24-28-11-13-30(36)14-12-28)33(40)25-45-31-15-17-32(18-16-31)46(42,43)38-19-21-44-22-20-38/h2-18,34H,19-25H2,1H3,(H,37,41)/t34-/m1/s1. The predicted octanol–water partition coefficient (Wildman–Crippen LogP) is 4.62. The van der Waals surface area contributed by atoms with Gasteiger partial charge in [-0.1, -0.05) is 72.3 Å². The Kier molecular flexibility index (Phi) is 10.8. The van der Waals surface area contributed by atoms with Gasteiger partial charge in [0.15, 0.2) is 6.61 Å². The zero-order chi connectivity index (χ0) is 32.5. The second-order valence-corrected chi connectivity index (χ2v) is 12.9. The molecule has 1 saturated heterocycles. The van der Waals surface area contributed by atoms with Gasteiger partial charge < -0.3 is 19.7 Å². The molecular formula is C35H36FN3O6S. The van der Waals surface area contributed by atoms with Crippen LogP contribution in [0, 0.1) is 12.7 Å². The van der Waals surface area contributed by atoms with Crippen molar-refractivity contribution in [1.82, 2.24) is 14.5 Å². The number of sulfonamides is 1. The Morgan fingerprint density at radius 2 is 1.52 bits per heavy atom. The fraction of sp³-hybridized carbons (Fsp3) is 0.257. The summed E-state index contributed by atoms with van der Waals surface area (Å²) in [5.74, 6) is -1.01. The van der Waals surface area contributed by atoms with Crippen molar-refractivity contribution in [3.63, 3.8) is 0 Å². The number of hydrogen-bond acceptors (Lipinski definition) is 6. The lowest BCUT2D eigenvalue weighted by Gasteiger charge is -2.31. The summed E-state index contributed by atoms with van der Waals surface area (Å²) >= 11 is 0. The van der Waals surface area contributed by atoms with Crippen LogP contribution in [0.2, 0.25) is 0 Å². The van der Waals surface area contributed by atoms with Crippen LogP contribution in [0.3, 0.4) is 0 Å². The fourth-order valence-corrected chi connectivity index (χ4v) is 6.49. The monoisotopic (exact) mass is 645 g/mol. The minimum absolute atomic E-state index is 0.0106. The van der Waals surface area contributed by atoms with E-state index < -0.39 is 34.4 Å². The first-order valence-electron chi connectivity index (χ1n) is 14.9. The van der Waals surface area contributed by atoms with Crippen LogP contribution in [0.5, 0.6) is 5.75 Å². The van der Waals surface area contributed by atoms with Crippen LogP contribution in [0.25, 0.3) is 0 Å². The summed E-state index contributed by atoms with van der Waals surface area (Å²) in [6, 6.07) is 27.3. The molecule has 1 N–H and O–H groups in total. The number of rotatable bonds is 12. The molecule has 0 aliphatic carbocycles. The summed E-state index contributed by atoms with van der Waals surface area (Å²) < 4.78 is 52.1. The van der Waals surface area contributed by atoms with Crippen molar-refractivity contribution in [3.8, 4) is 5.75 Å². The van der Waals surface area contributed by atoms with E-state index in [1.54, 1.807) is 36.4 Å². The Hall–Kier alpha value is -4.58. The average molecular weight is 646 g/mol. The molecular weight excluding hydrogens is 609 g/mol. The van der Waals surface area contributed by atoms with Crippen molar-refractivity contribution in [2.75, 3.05) is 32.9 Å². The summed E-state index contributed by atoms with van der Waals surface area (Å²) in [6.45, 7) is 3.06. The molecule has 1 fully saturated rings. The average Bonchev–Trinajstić information content (AvgIpc) is 3.08. The SMILES string of the molecule is Cc1ccc(CNC(=O)[C@@H](c2ccccc2)N(Cc2ccc(F)cc2)C(=O)COc2ccc(S(=O)(=O)N3CCOCC3)cc2)cc1. The normalized spacial score (nSPS) is 14.3. The van der Waals surface area contributed by atoms with Crippen LogP contribution in [-0.2, 0) is 37.4 Å². The summed E-state index contributed by atoms with van der Waals surface area (Å²) in [5, 5.41) is 2.97. The van der Waals surface area contributed by atoms with Gasteiger partial charge in [-0.15, -0.1) is 0 Å². The molecule has 4 aromatic rings. The molecule has 0 unspecified atom stereocenters. The van der Waals surface area contributed by atoms with Crippen molar-refractivity contribution < 1.29 is 31.9 Å². The minimum Gasteiger partial charge on any atom is -0.484 e. The zero-order valence-corrected chi connectivity index (χ0v) is 26.3. The summed E-state index contributed by atoms with van der Waals surface area (Å²) in [5.41, 5.74) is 3.22. The van der Waals surface area contributed by atoms with E-state index in [0.29, 0.717) is 24.3 Å². The topological polar surface area (TPSA) is 105 Å². The number of carbonyl (C=O) groups excluding carboxylic acids is 2. The lowest BCUT2D eigenvalue weighted by Crippen LogP contribution is -2.45. The first-order valence-corrected chi connectivity index (χ1v) is 16.4. The van der Waals surface area contributed by atoms with Gasteiger partial charge in [0.1, 0.15) is 17.6 Å². The van der Waals surface area contributed by atoms with Gasteiger partial charge in [0.05, 0.1) is 18.1 Å². The maximum absolute atomic E-state index is 13.9. The van der Waals surface area contributed by atoms with Crippen LogP contribution in [0.15, 0.2) is 108 Å². The number of aryl methyl sites for hydroxylation is 1. The molecule has 5 rings (SSSR count). The number of halogens is 1. The van der Waals surface area contributed by atoms with E-state index in [1.807, 2.05) is 37.3 Å².